The fourth-order valence-corrected chi connectivity index (χ4v) is 2.48. The molecule has 0 aromatic heterocycles. The van der Waals surface area contributed by atoms with E-state index in [0.29, 0.717) is 17.5 Å². The molecule has 1 N–H and O–H groups in total. The molecule has 1 aliphatic rings. The van der Waals surface area contributed by atoms with E-state index in [-0.39, 0.29) is 5.97 Å². The molecule has 1 aliphatic heterocycles. The summed E-state index contributed by atoms with van der Waals surface area (Å²) < 4.78 is 4.86. The summed E-state index contributed by atoms with van der Waals surface area (Å²) in [6, 6.07) is 8.12. The second-order valence-electron chi connectivity index (χ2n) is 5.26. The van der Waals surface area contributed by atoms with Crippen LogP contribution in [0.5, 0.6) is 0 Å². The maximum absolute atomic E-state index is 11.8. The number of hydrogen-bond acceptors (Lipinski definition) is 4. The van der Waals surface area contributed by atoms with Crippen LogP contribution in [0.1, 0.15) is 24.2 Å². The van der Waals surface area contributed by atoms with Crippen molar-refractivity contribution in [3.63, 3.8) is 0 Å². The van der Waals surface area contributed by atoms with E-state index in [1.807, 2.05) is 24.3 Å². The second-order valence-corrected chi connectivity index (χ2v) is 5.26. The minimum atomic E-state index is -0.268. The lowest BCUT2D eigenvalue weighted by atomic mass is 10.0. The van der Waals surface area contributed by atoms with Crippen LogP contribution in [0, 0.1) is 5.92 Å². The molecule has 19 heavy (non-hydrogen) atoms. The number of esters is 1. The van der Waals surface area contributed by atoms with Crippen molar-refractivity contribution in [3.8, 4) is 0 Å². The molecule has 0 spiro atoms. The molecule has 0 amide bonds. The number of carbonyl (C=O) groups is 1. The third kappa shape index (κ3) is 3.07. The zero-order chi connectivity index (χ0) is 13.8. The van der Waals surface area contributed by atoms with Gasteiger partial charge in [0.1, 0.15) is 0 Å². The van der Waals surface area contributed by atoms with Gasteiger partial charge >= 0.3 is 5.97 Å². The Balaban J connectivity index is 2.24. The van der Waals surface area contributed by atoms with Gasteiger partial charge < -0.3 is 15.0 Å². The highest BCUT2D eigenvalue weighted by Gasteiger charge is 2.24. The smallest absolute Gasteiger partial charge is 0.339 e. The summed E-state index contributed by atoms with van der Waals surface area (Å²) in [5, 5.41) is 3.52. The summed E-state index contributed by atoms with van der Waals surface area (Å²) in [6.45, 7) is 7.21. The first-order valence-electron chi connectivity index (χ1n) is 6.79. The van der Waals surface area contributed by atoms with Gasteiger partial charge in [-0.3, -0.25) is 0 Å². The van der Waals surface area contributed by atoms with Crippen LogP contribution in [0.2, 0.25) is 0 Å². The van der Waals surface area contributed by atoms with E-state index in [1.165, 1.54) is 7.11 Å². The number of piperazine rings is 1. The first kappa shape index (κ1) is 13.9. The Kier molecular flexibility index (Phi) is 4.43. The molecule has 104 valence electrons. The van der Waals surface area contributed by atoms with Gasteiger partial charge in [-0.1, -0.05) is 26.0 Å². The number of rotatable bonds is 3. The van der Waals surface area contributed by atoms with Gasteiger partial charge in [0, 0.05) is 25.7 Å². The molecular weight excluding hydrogens is 240 g/mol. The predicted molar refractivity (Wildman–Crippen MR) is 76.6 cm³/mol. The highest BCUT2D eigenvalue weighted by Crippen LogP contribution is 2.23. The lowest BCUT2D eigenvalue weighted by Crippen LogP contribution is -2.53. The summed E-state index contributed by atoms with van der Waals surface area (Å²) in [5.74, 6) is 0.309. The number of methoxy groups -OCH3 is 1. The van der Waals surface area contributed by atoms with Crippen molar-refractivity contribution in [1.29, 1.82) is 0 Å². The number of anilines is 1. The third-order valence-electron chi connectivity index (χ3n) is 3.66. The first-order valence-corrected chi connectivity index (χ1v) is 6.79. The Labute approximate surface area is 114 Å². The third-order valence-corrected chi connectivity index (χ3v) is 3.66. The molecule has 0 saturated carbocycles. The molecule has 1 atom stereocenters. The molecule has 4 heteroatoms. The Morgan fingerprint density at radius 1 is 1.42 bits per heavy atom. The van der Waals surface area contributed by atoms with E-state index in [2.05, 4.69) is 24.1 Å². The highest BCUT2D eigenvalue weighted by molar-refractivity contribution is 5.95. The number of benzene rings is 1. The standard InChI is InChI=1S/C15H22N2O2/c1-11(2)13-10-17(9-8-16-13)14-7-5-4-6-12(14)15(18)19-3/h4-7,11,13,16H,8-10H2,1-3H3. The average molecular weight is 262 g/mol. The average Bonchev–Trinajstić information content (AvgIpc) is 2.46. The Morgan fingerprint density at radius 3 is 2.84 bits per heavy atom. The van der Waals surface area contributed by atoms with E-state index in [0.717, 1.165) is 25.3 Å². The van der Waals surface area contributed by atoms with Crippen molar-refractivity contribution in [2.75, 3.05) is 31.6 Å². The summed E-state index contributed by atoms with van der Waals surface area (Å²) in [5.41, 5.74) is 1.62. The number of para-hydroxylation sites is 1. The topological polar surface area (TPSA) is 41.6 Å². The van der Waals surface area contributed by atoms with Gasteiger partial charge in [-0.2, -0.15) is 0 Å². The van der Waals surface area contributed by atoms with Crippen molar-refractivity contribution >= 4 is 11.7 Å². The van der Waals surface area contributed by atoms with Gasteiger partial charge in [-0.15, -0.1) is 0 Å². The maximum atomic E-state index is 11.8. The summed E-state index contributed by atoms with van der Waals surface area (Å²) in [7, 11) is 1.42. The minimum Gasteiger partial charge on any atom is -0.465 e. The lowest BCUT2D eigenvalue weighted by Gasteiger charge is -2.37. The summed E-state index contributed by atoms with van der Waals surface area (Å²) in [4.78, 5) is 14.1. The maximum Gasteiger partial charge on any atom is 0.339 e. The normalized spacial score (nSPS) is 19.6. The molecular formula is C15H22N2O2. The number of carbonyl (C=O) groups excluding carboxylic acids is 1. The zero-order valence-corrected chi connectivity index (χ0v) is 11.8. The Bertz CT molecular complexity index is 446. The van der Waals surface area contributed by atoms with E-state index in [9.17, 15) is 4.79 Å². The SMILES string of the molecule is COC(=O)c1ccccc1N1CCNC(C(C)C)C1. The predicted octanol–water partition coefficient (Wildman–Crippen LogP) is 1.91. The summed E-state index contributed by atoms with van der Waals surface area (Å²) in [6.07, 6.45) is 0. The quantitative estimate of drug-likeness (QED) is 0.845. The van der Waals surface area contributed by atoms with E-state index in [1.54, 1.807) is 0 Å². The van der Waals surface area contributed by atoms with Crippen LogP contribution >= 0.6 is 0 Å². The van der Waals surface area contributed by atoms with Crippen molar-refractivity contribution in [3.05, 3.63) is 29.8 Å². The van der Waals surface area contributed by atoms with Crippen LogP contribution < -0.4 is 10.2 Å². The molecule has 1 unspecified atom stereocenters. The van der Waals surface area contributed by atoms with Gasteiger partial charge in [0.2, 0.25) is 0 Å². The van der Waals surface area contributed by atoms with Crippen molar-refractivity contribution in [1.82, 2.24) is 5.32 Å². The van der Waals surface area contributed by atoms with Crippen LogP contribution in [0.15, 0.2) is 24.3 Å². The fourth-order valence-electron chi connectivity index (χ4n) is 2.48. The molecule has 1 aromatic carbocycles. The lowest BCUT2D eigenvalue weighted by molar-refractivity contribution is 0.0601. The molecule has 0 bridgehead atoms. The van der Waals surface area contributed by atoms with Gasteiger partial charge in [-0.25, -0.2) is 4.79 Å². The van der Waals surface area contributed by atoms with Crippen molar-refractivity contribution in [2.45, 2.75) is 19.9 Å². The molecule has 1 heterocycles. The van der Waals surface area contributed by atoms with E-state index in [4.69, 9.17) is 4.74 Å². The van der Waals surface area contributed by atoms with Gasteiger partial charge in [0.15, 0.2) is 0 Å². The first-order chi connectivity index (χ1) is 9.13. The summed E-state index contributed by atoms with van der Waals surface area (Å²) >= 11 is 0. The number of hydrogen-bond donors (Lipinski definition) is 1. The molecule has 0 aliphatic carbocycles. The van der Waals surface area contributed by atoms with E-state index < -0.39 is 0 Å². The van der Waals surface area contributed by atoms with Gasteiger partial charge in [0.05, 0.1) is 18.4 Å². The second kappa shape index (κ2) is 6.06. The van der Waals surface area contributed by atoms with Crippen LogP contribution in [0.3, 0.4) is 0 Å². The molecule has 1 fully saturated rings. The minimum absolute atomic E-state index is 0.268. The van der Waals surface area contributed by atoms with Crippen LogP contribution in [-0.4, -0.2) is 38.8 Å². The molecule has 1 saturated heterocycles. The number of ether oxygens (including phenoxy) is 1. The molecule has 0 radical (unpaired) electrons. The van der Waals surface area contributed by atoms with E-state index >= 15 is 0 Å². The van der Waals surface area contributed by atoms with Gasteiger partial charge in [0.25, 0.3) is 0 Å². The van der Waals surface area contributed by atoms with Crippen molar-refractivity contribution < 1.29 is 9.53 Å². The Hall–Kier alpha value is -1.55. The number of nitrogens with zero attached hydrogens (tertiary/aromatic N) is 1. The largest absolute Gasteiger partial charge is 0.465 e. The Morgan fingerprint density at radius 2 is 2.16 bits per heavy atom. The zero-order valence-electron chi connectivity index (χ0n) is 11.8. The monoisotopic (exact) mass is 262 g/mol. The van der Waals surface area contributed by atoms with Crippen LogP contribution in [0.25, 0.3) is 0 Å². The number of nitrogens with one attached hydrogen (secondary N) is 1. The van der Waals surface area contributed by atoms with Crippen LogP contribution in [0.4, 0.5) is 5.69 Å². The highest BCUT2D eigenvalue weighted by atomic mass is 16.5. The fraction of sp³-hybridized carbons (Fsp3) is 0.533. The molecule has 4 nitrogen and oxygen atoms in total. The molecule has 1 aromatic rings. The van der Waals surface area contributed by atoms with Gasteiger partial charge in [-0.05, 0) is 18.1 Å². The van der Waals surface area contributed by atoms with Crippen molar-refractivity contribution in [2.24, 2.45) is 5.92 Å². The molecule has 2 rings (SSSR count). The van der Waals surface area contributed by atoms with Crippen LogP contribution in [-0.2, 0) is 4.74 Å².